The second-order valence-electron chi connectivity index (χ2n) is 10.1. The third-order valence-corrected chi connectivity index (χ3v) is 8.10. The zero-order valence-electron chi connectivity index (χ0n) is 20.3. The van der Waals surface area contributed by atoms with Gasteiger partial charge in [-0.1, -0.05) is 5.16 Å². The van der Waals surface area contributed by atoms with E-state index in [4.69, 9.17) is 15.0 Å². The van der Waals surface area contributed by atoms with E-state index in [1.165, 1.54) is 31.4 Å². The van der Waals surface area contributed by atoms with Crippen molar-refractivity contribution in [3.63, 3.8) is 0 Å². The molecule has 1 aliphatic heterocycles. The second-order valence-corrected chi connectivity index (χ2v) is 10.1. The number of aromatic nitrogens is 1. The number of rotatable bonds is 7. The van der Waals surface area contributed by atoms with Crippen molar-refractivity contribution in [3.05, 3.63) is 59.0 Å². The molecule has 5 rings (SSSR count). The molecule has 2 aliphatic rings. The third kappa shape index (κ3) is 5.20. The van der Waals surface area contributed by atoms with Gasteiger partial charge in [-0.05, 0) is 112 Å². The predicted molar refractivity (Wildman–Crippen MR) is 133 cm³/mol. The first kappa shape index (κ1) is 23.8. The number of nitrogens with zero attached hydrogens (tertiary/aromatic N) is 2. The minimum Gasteiger partial charge on any atom is -0.497 e. The van der Waals surface area contributed by atoms with Crippen LogP contribution in [0.15, 0.2) is 40.9 Å². The summed E-state index contributed by atoms with van der Waals surface area (Å²) in [5.74, 6) is 1.59. The first-order chi connectivity index (χ1) is 17.0. The third-order valence-electron chi connectivity index (χ3n) is 8.10. The fourth-order valence-electron chi connectivity index (χ4n) is 6.01. The van der Waals surface area contributed by atoms with Crippen molar-refractivity contribution in [1.29, 1.82) is 0 Å². The molecule has 0 bridgehead atoms. The van der Waals surface area contributed by atoms with Crippen LogP contribution in [-0.4, -0.2) is 42.7 Å². The van der Waals surface area contributed by atoms with Gasteiger partial charge >= 0.3 is 0 Å². The molecule has 2 fully saturated rings. The molecular formula is C28H34FN3O3. The largest absolute Gasteiger partial charge is 0.497 e. The summed E-state index contributed by atoms with van der Waals surface area (Å²) in [6, 6.07) is 10.3. The van der Waals surface area contributed by atoms with Gasteiger partial charge in [0, 0.05) is 22.9 Å². The number of benzene rings is 2. The Bertz CT molecular complexity index is 1180. The molecule has 35 heavy (non-hydrogen) atoms. The number of carbonyl (C=O) groups is 1. The lowest BCUT2D eigenvalue weighted by molar-refractivity contribution is 0.0998. The quantitative estimate of drug-likeness (QED) is 0.476. The number of fused-ring (bicyclic) bond motifs is 1. The molecule has 0 unspecified atom stereocenters. The zero-order valence-corrected chi connectivity index (χ0v) is 20.3. The highest BCUT2D eigenvalue weighted by molar-refractivity contribution is 5.94. The van der Waals surface area contributed by atoms with E-state index < -0.39 is 0 Å². The van der Waals surface area contributed by atoms with Gasteiger partial charge in [-0.15, -0.1) is 0 Å². The Morgan fingerprint density at radius 3 is 2.57 bits per heavy atom. The monoisotopic (exact) mass is 479 g/mol. The number of methoxy groups -OCH3 is 1. The van der Waals surface area contributed by atoms with Crippen molar-refractivity contribution in [1.82, 2.24) is 10.1 Å². The molecule has 186 valence electrons. The number of halogens is 1. The van der Waals surface area contributed by atoms with Gasteiger partial charge in [0.05, 0.1) is 12.8 Å². The Kier molecular flexibility index (Phi) is 7.04. The Morgan fingerprint density at radius 2 is 1.86 bits per heavy atom. The molecule has 3 aromatic rings. The van der Waals surface area contributed by atoms with Crippen molar-refractivity contribution in [2.45, 2.75) is 56.8 Å². The molecule has 1 aliphatic carbocycles. The standard InChI is InChI=1S/C28H34FN3O3/c1-34-22-7-9-23(28(30)33)25(17-22)19-4-2-18(3-5-19)10-13-32-14-11-20(12-15-32)27-24-8-6-21(29)16-26(24)35-31-27/h6-9,16-20H,2-5,10-15H2,1H3,(H2,30,33). The highest BCUT2D eigenvalue weighted by atomic mass is 19.1. The molecule has 2 heterocycles. The van der Waals surface area contributed by atoms with Gasteiger partial charge < -0.3 is 19.9 Å². The average molecular weight is 480 g/mol. The Balaban J connectivity index is 1.10. The molecular weight excluding hydrogens is 445 g/mol. The van der Waals surface area contributed by atoms with Crippen molar-refractivity contribution in [3.8, 4) is 5.75 Å². The van der Waals surface area contributed by atoms with Gasteiger partial charge in [0.25, 0.3) is 0 Å². The molecule has 1 saturated carbocycles. The number of amides is 1. The van der Waals surface area contributed by atoms with Crippen molar-refractivity contribution < 1.29 is 18.4 Å². The average Bonchev–Trinajstić information content (AvgIpc) is 3.30. The number of piperidine rings is 1. The molecule has 0 radical (unpaired) electrons. The Hall–Kier alpha value is -2.93. The lowest BCUT2D eigenvalue weighted by atomic mass is 9.76. The van der Waals surface area contributed by atoms with Crippen LogP contribution >= 0.6 is 0 Å². The normalized spacial score (nSPS) is 21.9. The van der Waals surface area contributed by atoms with Crippen LogP contribution in [0.2, 0.25) is 0 Å². The van der Waals surface area contributed by atoms with Crippen LogP contribution in [-0.2, 0) is 0 Å². The SMILES string of the molecule is COc1ccc(C(N)=O)c(C2CCC(CCN3CCC(c4noc5cc(F)ccc45)CC3)CC2)c1. The number of ether oxygens (including phenoxy) is 1. The van der Waals surface area contributed by atoms with E-state index in [0.29, 0.717) is 23.0 Å². The minimum absolute atomic E-state index is 0.291. The van der Waals surface area contributed by atoms with Gasteiger partial charge in [-0.25, -0.2) is 4.39 Å². The summed E-state index contributed by atoms with van der Waals surface area (Å²) in [4.78, 5) is 14.5. The lowest BCUT2D eigenvalue weighted by Gasteiger charge is -2.34. The summed E-state index contributed by atoms with van der Waals surface area (Å²) in [7, 11) is 1.65. The molecule has 1 aromatic heterocycles. The van der Waals surface area contributed by atoms with Crippen LogP contribution in [0.3, 0.4) is 0 Å². The number of primary amides is 1. The fraction of sp³-hybridized carbons (Fsp3) is 0.500. The van der Waals surface area contributed by atoms with Crippen LogP contribution in [0.5, 0.6) is 5.75 Å². The fourth-order valence-corrected chi connectivity index (χ4v) is 6.01. The Morgan fingerprint density at radius 1 is 1.09 bits per heavy atom. The number of likely N-dealkylation sites (tertiary alicyclic amines) is 1. The lowest BCUT2D eigenvalue weighted by Crippen LogP contribution is -2.34. The summed E-state index contributed by atoms with van der Waals surface area (Å²) >= 11 is 0. The van der Waals surface area contributed by atoms with Crippen LogP contribution in [0.25, 0.3) is 11.0 Å². The number of carbonyl (C=O) groups excluding carboxylic acids is 1. The van der Waals surface area contributed by atoms with Crippen molar-refractivity contribution in [2.75, 3.05) is 26.7 Å². The van der Waals surface area contributed by atoms with Crippen molar-refractivity contribution >= 4 is 16.9 Å². The summed E-state index contributed by atoms with van der Waals surface area (Å²) < 4.78 is 24.2. The Labute approximate surface area is 205 Å². The highest BCUT2D eigenvalue weighted by Gasteiger charge is 2.28. The first-order valence-electron chi connectivity index (χ1n) is 12.8. The van der Waals surface area contributed by atoms with E-state index in [9.17, 15) is 9.18 Å². The van der Waals surface area contributed by atoms with Crippen LogP contribution < -0.4 is 10.5 Å². The van der Waals surface area contributed by atoms with Crippen LogP contribution in [0, 0.1) is 11.7 Å². The molecule has 2 N–H and O–H groups in total. The maximum atomic E-state index is 13.4. The maximum Gasteiger partial charge on any atom is 0.248 e. The van der Waals surface area contributed by atoms with Gasteiger partial charge in [-0.3, -0.25) is 4.79 Å². The summed E-state index contributed by atoms with van der Waals surface area (Å²) in [6.07, 6.45) is 7.84. The molecule has 0 atom stereocenters. The topological polar surface area (TPSA) is 81.6 Å². The van der Waals surface area contributed by atoms with E-state index in [1.807, 2.05) is 12.1 Å². The minimum atomic E-state index is -0.362. The zero-order chi connectivity index (χ0) is 24.4. The van der Waals surface area contributed by atoms with E-state index >= 15 is 0 Å². The van der Waals surface area contributed by atoms with E-state index in [2.05, 4.69) is 10.1 Å². The number of hydrogen-bond acceptors (Lipinski definition) is 5. The summed E-state index contributed by atoms with van der Waals surface area (Å²) in [5.41, 5.74) is 8.82. The molecule has 2 aromatic carbocycles. The molecule has 1 saturated heterocycles. The van der Waals surface area contributed by atoms with Gasteiger partial charge in [0.1, 0.15) is 11.6 Å². The second kappa shape index (κ2) is 10.4. The van der Waals surface area contributed by atoms with E-state index in [-0.39, 0.29) is 11.7 Å². The number of nitrogens with two attached hydrogens (primary N) is 1. The molecule has 7 heteroatoms. The first-order valence-corrected chi connectivity index (χ1v) is 12.8. The van der Waals surface area contributed by atoms with Gasteiger partial charge in [0.15, 0.2) is 5.58 Å². The predicted octanol–water partition coefficient (Wildman–Crippen LogP) is 5.62. The maximum absolute atomic E-state index is 13.4. The van der Waals surface area contributed by atoms with Crippen molar-refractivity contribution in [2.24, 2.45) is 11.7 Å². The molecule has 0 spiro atoms. The highest BCUT2D eigenvalue weighted by Crippen LogP contribution is 2.40. The van der Waals surface area contributed by atoms with E-state index in [1.54, 1.807) is 19.2 Å². The van der Waals surface area contributed by atoms with Crippen LogP contribution in [0.1, 0.15) is 78.4 Å². The molecule has 6 nitrogen and oxygen atoms in total. The van der Waals surface area contributed by atoms with E-state index in [0.717, 1.165) is 73.6 Å². The summed E-state index contributed by atoms with van der Waals surface area (Å²) in [5, 5.41) is 5.21. The summed E-state index contributed by atoms with van der Waals surface area (Å²) in [6.45, 7) is 3.24. The van der Waals surface area contributed by atoms with Gasteiger partial charge in [0.2, 0.25) is 5.91 Å². The van der Waals surface area contributed by atoms with Crippen LogP contribution in [0.4, 0.5) is 4.39 Å². The smallest absolute Gasteiger partial charge is 0.248 e. The number of hydrogen-bond donors (Lipinski definition) is 1. The molecule has 1 amide bonds. The van der Waals surface area contributed by atoms with Gasteiger partial charge in [-0.2, -0.15) is 0 Å².